The van der Waals surface area contributed by atoms with Gasteiger partial charge in [-0.2, -0.15) is 0 Å². The number of aliphatic hydroxyl groups excluding tert-OH is 1. The summed E-state index contributed by atoms with van der Waals surface area (Å²) in [6.45, 7) is 11.1. The van der Waals surface area contributed by atoms with Gasteiger partial charge in [-0.15, -0.1) is 0 Å². The largest absolute Gasteiger partial charge is 0.493 e. The Morgan fingerprint density at radius 2 is 1.86 bits per heavy atom. The zero-order valence-corrected chi connectivity index (χ0v) is 23.9. The van der Waals surface area contributed by atoms with E-state index in [1.165, 1.54) is 0 Å². The molecule has 2 rings (SSSR count). The van der Waals surface area contributed by atoms with E-state index in [4.69, 9.17) is 24.7 Å². The molecule has 5 atom stereocenters. The van der Waals surface area contributed by atoms with Crippen LogP contribution in [0.5, 0.6) is 11.5 Å². The number of aliphatic hydroxyl groups is 1. The van der Waals surface area contributed by atoms with Crippen LogP contribution in [0.1, 0.15) is 65.4 Å². The number of carbonyl (C=O) groups is 1. The van der Waals surface area contributed by atoms with Gasteiger partial charge >= 0.3 is 0 Å². The number of Topliss-reactive ketones (excluding diaryl/α,β-unsaturated/α-hetero) is 1. The summed E-state index contributed by atoms with van der Waals surface area (Å²) in [5.74, 6) is 2.63. The SMILES string of the molecule is COCCCOc1cc(C[C@@H](C[C@H](N)[C@@H](O)C[C@H](C(=O)C[C@H]2CCOC2)C(C)C)C(C)C)ccc1OC. The maximum Gasteiger partial charge on any atom is 0.161 e. The Kier molecular flexibility index (Phi) is 13.9. The van der Waals surface area contributed by atoms with Crippen molar-refractivity contribution < 1.29 is 28.8 Å². The van der Waals surface area contributed by atoms with E-state index in [1.807, 2.05) is 12.1 Å². The number of ether oxygens (including phenoxy) is 4. The summed E-state index contributed by atoms with van der Waals surface area (Å²) in [4.78, 5) is 13.0. The Bertz CT molecular complexity index is 792. The molecule has 1 fully saturated rings. The minimum atomic E-state index is -0.715. The van der Waals surface area contributed by atoms with Gasteiger partial charge in [-0.25, -0.2) is 0 Å². The Morgan fingerprint density at radius 1 is 1.11 bits per heavy atom. The second-order valence-corrected chi connectivity index (χ2v) is 11.3. The summed E-state index contributed by atoms with van der Waals surface area (Å²) in [7, 11) is 3.33. The Morgan fingerprint density at radius 3 is 2.46 bits per heavy atom. The van der Waals surface area contributed by atoms with Crippen LogP contribution in [0.2, 0.25) is 0 Å². The van der Waals surface area contributed by atoms with Gasteiger partial charge in [-0.05, 0) is 67.1 Å². The van der Waals surface area contributed by atoms with Crippen molar-refractivity contribution in [3.63, 3.8) is 0 Å². The summed E-state index contributed by atoms with van der Waals surface area (Å²) in [6, 6.07) is 5.67. The van der Waals surface area contributed by atoms with Gasteiger partial charge in [-0.1, -0.05) is 33.8 Å². The van der Waals surface area contributed by atoms with Crippen LogP contribution in [-0.4, -0.2) is 63.7 Å². The minimum Gasteiger partial charge on any atom is -0.493 e. The highest BCUT2D eigenvalue weighted by atomic mass is 16.5. The average Bonchev–Trinajstić information content (AvgIpc) is 3.37. The van der Waals surface area contributed by atoms with Gasteiger partial charge < -0.3 is 29.8 Å². The normalized spacial score (nSPS) is 19.1. The van der Waals surface area contributed by atoms with Crippen molar-refractivity contribution in [2.75, 3.05) is 40.6 Å². The number of rotatable bonds is 18. The monoisotopic (exact) mass is 521 g/mol. The predicted octanol–water partition coefficient (Wildman–Crippen LogP) is 4.66. The summed E-state index contributed by atoms with van der Waals surface area (Å²) in [5.41, 5.74) is 7.70. The van der Waals surface area contributed by atoms with E-state index in [0.29, 0.717) is 56.7 Å². The number of carbonyl (C=O) groups excluding carboxylic acids is 1. The molecule has 0 unspecified atom stereocenters. The second-order valence-electron chi connectivity index (χ2n) is 11.3. The average molecular weight is 522 g/mol. The molecule has 0 bridgehead atoms. The quantitative estimate of drug-likeness (QED) is 0.271. The molecule has 0 amide bonds. The molecule has 0 saturated carbocycles. The first-order valence-corrected chi connectivity index (χ1v) is 14.0. The fourth-order valence-corrected chi connectivity index (χ4v) is 5.14. The highest BCUT2D eigenvalue weighted by Gasteiger charge is 2.31. The number of hydrogen-bond donors (Lipinski definition) is 2. The Labute approximate surface area is 224 Å². The summed E-state index contributed by atoms with van der Waals surface area (Å²) >= 11 is 0. The van der Waals surface area contributed by atoms with Crippen molar-refractivity contribution in [2.24, 2.45) is 35.3 Å². The summed E-state index contributed by atoms with van der Waals surface area (Å²) in [5, 5.41) is 11.0. The van der Waals surface area contributed by atoms with Gasteiger partial charge in [0.25, 0.3) is 0 Å². The van der Waals surface area contributed by atoms with Gasteiger partial charge in [0.2, 0.25) is 0 Å². The third-order valence-corrected chi connectivity index (χ3v) is 7.72. The van der Waals surface area contributed by atoms with Gasteiger partial charge in [0.05, 0.1) is 19.8 Å². The summed E-state index contributed by atoms with van der Waals surface area (Å²) in [6.07, 6.45) is 3.49. The van der Waals surface area contributed by atoms with Crippen molar-refractivity contribution >= 4 is 5.78 Å². The zero-order valence-electron chi connectivity index (χ0n) is 23.9. The number of methoxy groups -OCH3 is 2. The van der Waals surface area contributed by atoms with Gasteiger partial charge in [-0.3, -0.25) is 4.79 Å². The van der Waals surface area contributed by atoms with Crippen LogP contribution in [-0.2, 0) is 20.7 Å². The molecule has 1 heterocycles. The molecular weight excluding hydrogens is 470 g/mol. The first kappa shape index (κ1) is 31.5. The van der Waals surface area contributed by atoms with Crippen LogP contribution < -0.4 is 15.2 Å². The summed E-state index contributed by atoms with van der Waals surface area (Å²) < 4.78 is 22.0. The maximum absolute atomic E-state index is 13.0. The number of benzene rings is 1. The van der Waals surface area contributed by atoms with Crippen LogP contribution >= 0.6 is 0 Å². The molecule has 0 aliphatic carbocycles. The van der Waals surface area contributed by atoms with Crippen LogP contribution in [0.4, 0.5) is 0 Å². The van der Waals surface area contributed by atoms with Crippen molar-refractivity contribution in [3.05, 3.63) is 23.8 Å². The lowest BCUT2D eigenvalue weighted by atomic mass is 9.79. The van der Waals surface area contributed by atoms with Crippen molar-refractivity contribution in [1.82, 2.24) is 0 Å². The third-order valence-electron chi connectivity index (χ3n) is 7.72. The van der Waals surface area contributed by atoms with E-state index < -0.39 is 6.10 Å². The van der Waals surface area contributed by atoms with Crippen LogP contribution in [0.25, 0.3) is 0 Å². The van der Waals surface area contributed by atoms with E-state index in [1.54, 1.807) is 14.2 Å². The van der Waals surface area contributed by atoms with Crippen LogP contribution in [0, 0.1) is 29.6 Å². The van der Waals surface area contributed by atoms with E-state index in [2.05, 4.69) is 33.8 Å². The first-order valence-electron chi connectivity index (χ1n) is 14.0. The smallest absolute Gasteiger partial charge is 0.161 e. The molecule has 212 valence electrons. The first-order chi connectivity index (χ1) is 17.7. The molecule has 0 aromatic heterocycles. The lowest BCUT2D eigenvalue weighted by Gasteiger charge is -2.30. The van der Waals surface area contributed by atoms with Crippen molar-refractivity contribution in [1.29, 1.82) is 0 Å². The molecule has 37 heavy (non-hydrogen) atoms. The fourth-order valence-electron chi connectivity index (χ4n) is 5.14. The predicted molar refractivity (Wildman–Crippen MR) is 147 cm³/mol. The number of ketones is 1. The van der Waals surface area contributed by atoms with Crippen molar-refractivity contribution in [2.45, 2.75) is 78.4 Å². The van der Waals surface area contributed by atoms with E-state index in [9.17, 15) is 9.90 Å². The van der Waals surface area contributed by atoms with Gasteiger partial charge in [0.1, 0.15) is 5.78 Å². The molecule has 1 aromatic carbocycles. The molecular formula is C30H51NO6. The van der Waals surface area contributed by atoms with Gasteiger partial charge in [0, 0.05) is 51.7 Å². The third kappa shape index (κ3) is 10.5. The Hall–Kier alpha value is -1.67. The van der Waals surface area contributed by atoms with Gasteiger partial charge in [0.15, 0.2) is 11.5 Å². The molecule has 1 aliphatic rings. The standard InChI is InChI=1S/C30H51NO6/c1-20(2)24(14-22-8-9-29(35-6)30(16-22)37-12-7-11-34-5)17-26(31)28(33)18-25(21(3)4)27(32)15-23-10-13-36-19-23/h8-9,16,20-21,23-26,28,33H,7,10-15,17-19,31H2,1-6H3/t23-,24+,25+,26+,28+/m1/s1. The minimum absolute atomic E-state index is 0.166. The number of hydrogen-bond acceptors (Lipinski definition) is 7. The second kappa shape index (κ2) is 16.3. The fraction of sp³-hybridized carbons (Fsp3) is 0.767. The highest BCUT2D eigenvalue weighted by Crippen LogP contribution is 2.32. The van der Waals surface area contributed by atoms with E-state index in [-0.39, 0.29) is 29.6 Å². The molecule has 3 N–H and O–H groups in total. The molecule has 0 spiro atoms. The van der Waals surface area contributed by atoms with E-state index in [0.717, 1.165) is 37.2 Å². The zero-order chi connectivity index (χ0) is 27.4. The van der Waals surface area contributed by atoms with E-state index >= 15 is 0 Å². The Balaban J connectivity index is 2.00. The van der Waals surface area contributed by atoms with Crippen LogP contribution in [0.3, 0.4) is 0 Å². The molecule has 0 radical (unpaired) electrons. The lowest BCUT2D eigenvalue weighted by Crippen LogP contribution is -2.40. The molecule has 1 aromatic rings. The lowest BCUT2D eigenvalue weighted by molar-refractivity contribution is -0.126. The molecule has 1 aliphatic heterocycles. The van der Waals surface area contributed by atoms with Crippen molar-refractivity contribution in [3.8, 4) is 11.5 Å². The highest BCUT2D eigenvalue weighted by molar-refractivity contribution is 5.81. The van der Waals surface area contributed by atoms with Crippen LogP contribution in [0.15, 0.2) is 18.2 Å². The maximum atomic E-state index is 13.0. The number of nitrogens with two attached hydrogens (primary N) is 1. The molecule has 7 nitrogen and oxygen atoms in total. The topological polar surface area (TPSA) is 100 Å². The molecule has 1 saturated heterocycles. The molecule has 7 heteroatoms.